The van der Waals surface area contributed by atoms with Gasteiger partial charge in [-0.2, -0.15) is 8.78 Å². The molecule has 0 aromatic heterocycles. The van der Waals surface area contributed by atoms with Gasteiger partial charge in [0.1, 0.15) is 0 Å². The highest BCUT2D eigenvalue weighted by Gasteiger charge is 2.49. The molecule has 1 aromatic carbocycles. The molecule has 2 saturated heterocycles. The molecule has 11 heteroatoms. The zero-order chi connectivity index (χ0) is 23.0. The highest BCUT2D eigenvalue weighted by Crippen LogP contribution is 2.52. The van der Waals surface area contributed by atoms with Gasteiger partial charge < -0.3 is 25.2 Å². The summed E-state index contributed by atoms with van der Waals surface area (Å²) in [5.41, 5.74) is -3.12. The Morgan fingerprint density at radius 3 is 2.59 bits per heavy atom. The Bertz CT molecular complexity index is 860. The number of alkyl halides is 2. The molecule has 1 saturated carbocycles. The average molecular weight is 473 g/mol. The van der Waals surface area contributed by atoms with Gasteiger partial charge in [0.15, 0.2) is 0 Å². The number of hydrogen-bond donors (Lipinski definition) is 4. The third kappa shape index (κ3) is 5.55. The summed E-state index contributed by atoms with van der Waals surface area (Å²) in [7, 11) is -5.60. The second-order valence-electron chi connectivity index (χ2n) is 9.18. The van der Waals surface area contributed by atoms with Crippen molar-refractivity contribution in [2.24, 2.45) is 0 Å². The van der Waals surface area contributed by atoms with Crippen molar-refractivity contribution in [1.82, 2.24) is 15.5 Å². The van der Waals surface area contributed by atoms with Gasteiger partial charge in [0.25, 0.3) is 0 Å². The standard InChI is InChI=1S/C21H30F2N3O5P/c22-21(23,32(28,29)30)14-24-19(27)12-26-8-6-20(7-9-26)11-16(13-31-20)25-18-10-17(18)15-4-2-1-3-5-15/h1-5,16-18,25H,6-14H2,(H,24,27)(H2,28,29,30). The SMILES string of the molecule is O=C(CN1CCC2(CC1)CC(NC1CC1c1ccccc1)CO2)NCC(F)(F)P(=O)(O)O. The quantitative estimate of drug-likeness (QED) is 0.425. The van der Waals surface area contributed by atoms with Crippen molar-refractivity contribution in [2.45, 2.75) is 54.9 Å². The van der Waals surface area contributed by atoms with Crippen molar-refractivity contribution >= 4 is 13.5 Å². The summed E-state index contributed by atoms with van der Waals surface area (Å²) in [4.78, 5) is 31.1. The molecule has 4 rings (SSSR count). The van der Waals surface area contributed by atoms with Crippen LogP contribution >= 0.6 is 7.60 Å². The number of carbonyl (C=O) groups is 1. The van der Waals surface area contributed by atoms with Crippen LogP contribution in [0.3, 0.4) is 0 Å². The maximum Gasteiger partial charge on any atom is 0.396 e. The monoisotopic (exact) mass is 473 g/mol. The predicted molar refractivity (Wildman–Crippen MR) is 113 cm³/mol. The molecule has 8 nitrogen and oxygen atoms in total. The van der Waals surface area contributed by atoms with Crippen LogP contribution in [0.4, 0.5) is 8.78 Å². The summed E-state index contributed by atoms with van der Waals surface area (Å²) in [6.07, 6.45) is 3.56. The first-order valence-electron chi connectivity index (χ1n) is 10.9. The number of likely N-dealkylation sites (tertiary alicyclic amines) is 1. The van der Waals surface area contributed by atoms with Gasteiger partial charge in [-0.15, -0.1) is 0 Å². The second-order valence-corrected chi connectivity index (χ2v) is 10.9. The number of rotatable bonds is 8. The number of benzene rings is 1. The fourth-order valence-corrected chi connectivity index (χ4v) is 5.02. The summed E-state index contributed by atoms with van der Waals surface area (Å²) in [6, 6.07) is 11.3. The second kappa shape index (κ2) is 9.08. The van der Waals surface area contributed by atoms with E-state index in [1.807, 2.05) is 16.3 Å². The summed E-state index contributed by atoms with van der Waals surface area (Å²) in [5, 5.41) is 5.65. The third-order valence-corrected chi connectivity index (χ3v) is 7.75. The molecule has 0 bridgehead atoms. The Morgan fingerprint density at radius 1 is 1.25 bits per heavy atom. The van der Waals surface area contributed by atoms with Crippen LogP contribution in [0, 0.1) is 0 Å². The minimum absolute atomic E-state index is 0.0875. The topological polar surface area (TPSA) is 111 Å². The number of nitrogens with zero attached hydrogens (tertiary/aromatic N) is 1. The van der Waals surface area contributed by atoms with Gasteiger partial charge >= 0.3 is 13.3 Å². The van der Waals surface area contributed by atoms with Gasteiger partial charge in [-0.1, -0.05) is 30.3 Å². The smallest absolute Gasteiger partial charge is 0.373 e. The normalized spacial score (nSPS) is 28.1. The lowest BCUT2D eigenvalue weighted by atomic mass is 9.87. The first kappa shape index (κ1) is 23.7. The molecule has 3 atom stereocenters. The van der Waals surface area contributed by atoms with Crippen molar-refractivity contribution < 1.29 is 32.7 Å². The van der Waals surface area contributed by atoms with E-state index in [4.69, 9.17) is 14.5 Å². The minimum Gasteiger partial charge on any atom is -0.373 e. The van der Waals surface area contributed by atoms with E-state index in [0.29, 0.717) is 37.7 Å². The van der Waals surface area contributed by atoms with Gasteiger partial charge in [0.05, 0.1) is 25.3 Å². The number of nitrogens with one attached hydrogen (secondary N) is 2. The Kier molecular flexibility index (Phi) is 6.73. The van der Waals surface area contributed by atoms with Crippen LogP contribution in [0.25, 0.3) is 0 Å². The number of halogens is 2. The lowest BCUT2D eigenvalue weighted by Gasteiger charge is -2.38. The average Bonchev–Trinajstić information content (AvgIpc) is 3.41. The van der Waals surface area contributed by atoms with E-state index in [0.717, 1.165) is 25.7 Å². The molecule has 0 radical (unpaired) electrons. The zero-order valence-corrected chi connectivity index (χ0v) is 18.6. The van der Waals surface area contributed by atoms with E-state index in [2.05, 4.69) is 29.6 Å². The largest absolute Gasteiger partial charge is 0.396 e. The van der Waals surface area contributed by atoms with Crippen LogP contribution in [0.1, 0.15) is 37.2 Å². The van der Waals surface area contributed by atoms with Crippen LogP contribution in [-0.2, 0) is 14.1 Å². The first-order chi connectivity index (χ1) is 15.1. The summed E-state index contributed by atoms with van der Waals surface area (Å²) in [6.45, 7) is 0.400. The molecule has 1 amide bonds. The van der Waals surface area contributed by atoms with Crippen LogP contribution in [0.5, 0.6) is 0 Å². The molecular weight excluding hydrogens is 443 g/mol. The Hall–Kier alpha value is -1.42. The van der Waals surface area contributed by atoms with Crippen LogP contribution in [0.2, 0.25) is 0 Å². The molecule has 32 heavy (non-hydrogen) atoms. The minimum atomic E-state index is -5.60. The molecule has 3 fully saturated rings. The van der Waals surface area contributed by atoms with Gasteiger partial charge in [-0.25, -0.2) is 0 Å². The Morgan fingerprint density at radius 2 is 1.94 bits per heavy atom. The summed E-state index contributed by atoms with van der Waals surface area (Å²) < 4.78 is 43.5. The number of ether oxygens (including phenoxy) is 1. The molecular formula is C21H30F2N3O5P. The van der Waals surface area contributed by atoms with E-state index < -0.39 is 25.7 Å². The lowest BCUT2D eigenvalue weighted by Crippen LogP contribution is -2.48. The zero-order valence-electron chi connectivity index (χ0n) is 17.8. The molecule has 178 valence electrons. The van der Waals surface area contributed by atoms with Crippen molar-refractivity contribution in [3.8, 4) is 0 Å². The Balaban J connectivity index is 1.17. The van der Waals surface area contributed by atoms with Crippen LogP contribution in [-0.4, -0.2) is 76.7 Å². The van der Waals surface area contributed by atoms with E-state index >= 15 is 0 Å². The molecule has 4 N–H and O–H groups in total. The predicted octanol–water partition coefficient (Wildman–Crippen LogP) is 1.64. The highest BCUT2D eigenvalue weighted by molar-refractivity contribution is 7.53. The fraction of sp³-hybridized carbons (Fsp3) is 0.667. The summed E-state index contributed by atoms with van der Waals surface area (Å²) in [5.74, 6) is -0.118. The third-order valence-electron chi connectivity index (χ3n) is 6.74. The van der Waals surface area contributed by atoms with Gasteiger partial charge in [-0.05, 0) is 31.2 Å². The fourth-order valence-electron chi connectivity index (χ4n) is 4.74. The number of hydrogen-bond acceptors (Lipinski definition) is 5. The van der Waals surface area contributed by atoms with Crippen LogP contribution < -0.4 is 10.6 Å². The van der Waals surface area contributed by atoms with Crippen LogP contribution in [0.15, 0.2) is 30.3 Å². The molecule has 1 aromatic rings. The van der Waals surface area contributed by atoms with Gasteiger partial charge in [0, 0.05) is 31.1 Å². The van der Waals surface area contributed by atoms with E-state index in [1.54, 1.807) is 0 Å². The first-order valence-corrected chi connectivity index (χ1v) is 12.6. The lowest BCUT2D eigenvalue weighted by molar-refractivity contribution is -0.124. The molecule has 1 spiro atoms. The van der Waals surface area contributed by atoms with E-state index in [-0.39, 0.29) is 12.1 Å². The van der Waals surface area contributed by atoms with Crippen molar-refractivity contribution in [3.05, 3.63) is 35.9 Å². The van der Waals surface area contributed by atoms with Crippen molar-refractivity contribution in [2.75, 3.05) is 32.8 Å². The maximum absolute atomic E-state index is 13.3. The molecule has 2 heterocycles. The van der Waals surface area contributed by atoms with E-state index in [9.17, 15) is 18.1 Å². The number of amides is 1. The molecule has 3 aliphatic rings. The Labute approximate surface area is 185 Å². The van der Waals surface area contributed by atoms with Gasteiger partial charge in [-0.3, -0.25) is 14.3 Å². The van der Waals surface area contributed by atoms with Gasteiger partial charge in [0.2, 0.25) is 5.91 Å². The highest BCUT2D eigenvalue weighted by atomic mass is 31.2. The number of carbonyl (C=O) groups excluding carboxylic acids is 1. The van der Waals surface area contributed by atoms with Crippen molar-refractivity contribution in [1.29, 1.82) is 0 Å². The van der Waals surface area contributed by atoms with E-state index in [1.165, 1.54) is 5.56 Å². The molecule has 1 aliphatic carbocycles. The molecule has 3 unspecified atom stereocenters. The number of piperidine rings is 1. The summed E-state index contributed by atoms with van der Waals surface area (Å²) >= 11 is 0. The van der Waals surface area contributed by atoms with Crippen molar-refractivity contribution in [3.63, 3.8) is 0 Å². The maximum atomic E-state index is 13.3. The molecule has 2 aliphatic heterocycles.